The molecule has 4 nitrogen and oxygen atoms in total. The minimum Gasteiger partial charge on any atom is -0.368 e. The first-order valence-electron chi connectivity index (χ1n) is 6.47. The van der Waals surface area contributed by atoms with Crippen LogP contribution >= 0.6 is 0 Å². The molecule has 18 heavy (non-hydrogen) atoms. The molecule has 1 aliphatic rings. The summed E-state index contributed by atoms with van der Waals surface area (Å²) in [6.07, 6.45) is 2.70. The number of nitrogens with two attached hydrogens (primary N) is 1. The third kappa shape index (κ3) is 3.55. The van der Waals surface area contributed by atoms with E-state index in [0.717, 1.165) is 30.4 Å². The van der Waals surface area contributed by atoms with Gasteiger partial charge in [-0.1, -0.05) is 24.3 Å². The van der Waals surface area contributed by atoms with Crippen molar-refractivity contribution in [3.63, 3.8) is 0 Å². The van der Waals surface area contributed by atoms with Crippen molar-refractivity contribution in [1.82, 2.24) is 5.32 Å². The van der Waals surface area contributed by atoms with Crippen LogP contribution in [-0.4, -0.2) is 18.6 Å². The first-order chi connectivity index (χ1) is 8.79. The van der Waals surface area contributed by atoms with E-state index < -0.39 is 0 Å². The summed E-state index contributed by atoms with van der Waals surface area (Å²) >= 11 is 0. The Hall–Kier alpha value is -1.39. The number of ether oxygens (including phenoxy) is 1. The number of nitrogens with one attached hydrogen (secondary N) is 1. The lowest BCUT2D eigenvalue weighted by molar-refractivity contribution is -0.135. The molecular formula is C14H20N2O2. The van der Waals surface area contributed by atoms with E-state index in [-0.39, 0.29) is 12.0 Å². The highest BCUT2D eigenvalue weighted by Crippen LogP contribution is 2.12. The van der Waals surface area contributed by atoms with Gasteiger partial charge in [0.25, 0.3) is 0 Å². The van der Waals surface area contributed by atoms with Gasteiger partial charge in [0.15, 0.2) is 0 Å². The fourth-order valence-electron chi connectivity index (χ4n) is 2.04. The van der Waals surface area contributed by atoms with E-state index in [1.54, 1.807) is 0 Å². The Morgan fingerprint density at radius 2 is 2.00 bits per heavy atom. The average Bonchev–Trinajstić information content (AvgIpc) is 2.46. The van der Waals surface area contributed by atoms with Crippen LogP contribution in [0.2, 0.25) is 0 Å². The van der Waals surface area contributed by atoms with Crippen molar-refractivity contribution < 1.29 is 9.53 Å². The third-order valence-corrected chi connectivity index (χ3v) is 3.20. The highest BCUT2D eigenvalue weighted by atomic mass is 16.5. The van der Waals surface area contributed by atoms with E-state index in [2.05, 4.69) is 5.32 Å². The maximum absolute atomic E-state index is 11.8. The standard InChI is InChI=1S/C14H20N2O2/c15-9-11-4-6-12(7-5-11)10-16-14(17)13-3-1-2-8-18-13/h4-7,13H,1-3,8-10,15H2,(H,16,17). The number of hydrogen-bond donors (Lipinski definition) is 2. The molecule has 1 atom stereocenters. The van der Waals surface area contributed by atoms with Gasteiger partial charge in [-0.2, -0.15) is 0 Å². The maximum atomic E-state index is 11.8. The molecule has 1 unspecified atom stereocenters. The average molecular weight is 248 g/mol. The predicted molar refractivity (Wildman–Crippen MR) is 69.8 cm³/mol. The van der Waals surface area contributed by atoms with Crippen molar-refractivity contribution in [1.29, 1.82) is 0 Å². The van der Waals surface area contributed by atoms with Gasteiger partial charge in [0.1, 0.15) is 6.10 Å². The molecule has 4 heteroatoms. The van der Waals surface area contributed by atoms with Gasteiger partial charge in [0.2, 0.25) is 5.91 Å². The van der Waals surface area contributed by atoms with Crippen LogP contribution in [0.1, 0.15) is 30.4 Å². The van der Waals surface area contributed by atoms with Crippen molar-refractivity contribution in [3.8, 4) is 0 Å². The zero-order valence-corrected chi connectivity index (χ0v) is 10.5. The Balaban J connectivity index is 1.80. The van der Waals surface area contributed by atoms with Crippen LogP contribution in [0, 0.1) is 0 Å². The molecule has 0 saturated carbocycles. The van der Waals surface area contributed by atoms with Crippen molar-refractivity contribution >= 4 is 5.91 Å². The molecule has 0 radical (unpaired) electrons. The summed E-state index contributed by atoms with van der Waals surface area (Å²) in [6.45, 7) is 1.79. The van der Waals surface area contributed by atoms with Gasteiger partial charge in [-0.05, 0) is 30.4 Å². The minimum atomic E-state index is -0.262. The Kier molecular flexibility index (Phi) is 4.73. The van der Waals surface area contributed by atoms with E-state index in [1.165, 1.54) is 0 Å². The lowest BCUT2D eigenvalue weighted by atomic mass is 10.1. The Labute approximate surface area is 108 Å². The lowest BCUT2D eigenvalue weighted by Gasteiger charge is -2.21. The fraction of sp³-hybridized carbons (Fsp3) is 0.500. The molecule has 0 spiro atoms. The molecule has 3 N–H and O–H groups in total. The first kappa shape index (κ1) is 13.1. The SMILES string of the molecule is NCc1ccc(CNC(=O)C2CCCCO2)cc1. The molecule has 1 aromatic rings. The predicted octanol–water partition coefficient (Wildman–Crippen LogP) is 1.33. The topological polar surface area (TPSA) is 64.3 Å². The molecule has 0 aliphatic carbocycles. The van der Waals surface area contributed by atoms with Gasteiger partial charge < -0.3 is 15.8 Å². The molecule has 1 heterocycles. The van der Waals surface area contributed by atoms with Crippen LogP contribution in [0.4, 0.5) is 0 Å². The zero-order valence-electron chi connectivity index (χ0n) is 10.5. The summed E-state index contributed by atoms with van der Waals surface area (Å²) in [6, 6.07) is 7.95. The van der Waals surface area contributed by atoms with Gasteiger partial charge in [-0.15, -0.1) is 0 Å². The van der Waals surface area contributed by atoms with Gasteiger partial charge in [-0.25, -0.2) is 0 Å². The first-order valence-corrected chi connectivity index (χ1v) is 6.47. The van der Waals surface area contributed by atoms with Crippen LogP contribution in [0.15, 0.2) is 24.3 Å². The Morgan fingerprint density at radius 3 is 2.61 bits per heavy atom. The van der Waals surface area contributed by atoms with E-state index in [1.807, 2.05) is 24.3 Å². The number of carbonyl (C=O) groups excluding carboxylic acids is 1. The van der Waals surface area contributed by atoms with Crippen LogP contribution in [0.3, 0.4) is 0 Å². The molecule has 1 amide bonds. The van der Waals surface area contributed by atoms with Crippen molar-refractivity contribution in [2.24, 2.45) is 5.73 Å². The number of amides is 1. The normalized spacial score (nSPS) is 19.5. The van der Waals surface area contributed by atoms with Crippen molar-refractivity contribution in [3.05, 3.63) is 35.4 Å². The third-order valence-electron chi connectivity index (χ3n) is 3.20. The molecule has 2 rings (SSSR count). The molecule has 1 fully saturated rings. The zero-order chi connectivity index (χ0) is 12.8. The van der Waals surface area contributed by atoms with Crippen LogP contribution < -0.4 is 11.1 Å². The highest BCUT2D eigenvalue weighted by molar-refractivity contribution is 5.80. The molecule has 1 aromatic carbocycles. The summed E-state index contributed by atoms with van der Waals surface area (Å²) in [5.41, 5.74) is 7.71. The van der Waals surface area contributed by atoms with Crippen LogP contribution in [0.5, 0.6) is 0 Å². The Bertz CT molecular complexity index is 383. The van der Waals surface area contributed by atoms with Gasteiger partial charge in [-0.3, -0.25) is 4.79 Å². The van der Waals surface area contributed by atoms with Crippen molar-refractivity contribution in [2.45, 2.75) is 38.5 Å². The number of benzene rings is 1. The van der Waals surface area contributed by atoms with Gasteiger partial charge in [0, 0.05) is 19.7 Å². The molecule has 0 bridgehead atoms. The van der Waals surface area contributed by atoms with Gasteiger partial charge in [0.05, 0.1) is 0 Å². The quantitative estimate of drug-likeness (QED) is 0.845. The largest absolute Gasteiger partial charge is 0.368 e. The maximum Gasteiger partial charge on any atom is 0.249 e. The van der Waals surface area contributed by atoms with Gasteiger partial charge >= 0.3 is 0 Å². The molecule has 98 valence electrons. The number of rotatable bonds is 4. The molecular weight excluding hydrogens is 228 g/mol. The van der Waals surface area contributed by atoms with Crippen molar-refractivity contribution in [2.75, 3.05) is 6.61 Å². The molecule has 1 aliphatic heterocycles. The smallest absolute Gasteiger partial charge is 0.249 e. The van der Waals surface area contributed by atoms with E-state index >= 15 is 0 Å². The molecule has 0 aromatic heterocycles. The minimum absolute atomic E-state index is 0.00222. The van der Waals surface area contributed by atoms with Crippen LogP contribution in [0.25, 0.3) is 0 Å². The summed E-state index contributed by atoms with van der Waals surface area (Å²) in [7, 11) is 0. The summed E-state index contributed by atoms with van der Waals surface area (Å²) in [5, 5.41) is 2.91. The highest BCUT2D eigenvalue weighted by Gasteiger charge is 2.21. The van der Waals surface area contributed by atoms with E-state index in [9.17, 15) is 4.79 Å². The summed E-state index contributed by atoms with van der Waals surface area (Å²) in [5.74, 6) is -0.00222. The fourth-order valence-corrected chi connectivity index (χ4v) is 2.04. The molecule has 1 saturated heterocycles. The summed E-state index contributed by atoms with van der Waals surface area (Å²) in [4.78, 5) is 11.8. The second-order valence-electron chi connectivity index (χ2n) is 4.59. The monoisotopic (exact) mass is 248 g/mol. The second-order valence-corrected chi connectivity index (χ2v) is 4.59. The second kappa shape index (κ2) is 6.52. The lowest BCUT2D eigenvalue weighted by Crippen LogP contribution is -2.37. The number of hydrogen-bond acceptors (Lipinski definition) is 3. The summed E-state index contributed by atoms with van der Waals surface area (Å²) < 4.78 is 5.44. The van der Waals surface area contributed by atoms with Crippen LogP contribution in [-0.2, 0) is 22.6 Å². The van der Waals surface area contributed by atoms with E-state index in [0.29, 0.717) is 19.7 Å². The Morgan fingerprint density at radius 1 is 1.28 bits per heavy atom. The van der Waals surface area contributed by atoms with E-state index in [4.69, 9.17) is 10.5 Å². The number of carbonyl (C=O) groups is 1.